The van der Waals surface area contributed by atoms with Crippen molar-refractivity contribution in [2.75, 3.05) is 10.6 Å². The van der Waals surface area contributed by atoms with Crippen LogP contribution in [0.4, 0.5) is 17.2 Å². The van der Waals surface area contributed by atoms with Crippen LogP contribution >= 0.6 is 0 Å². The zero-order valence-corrected chi connectivity index (χ0v) is 17.0. The number of anilines is 3. The van der Waals surface area contributed by atoms with Crippen LogP contribution in [-0.4, -0.2) is 25.1 Å². The molecule has 2 aromatic carbocycles. The van der Waals surface area contributed by atoms with Crippen LogP contribution in [0.3, 0.4) is 0 Å². The first-order valence-electron chi connectivity index (χ1n) is 9.57. The van der Waals surface area contributed by atoms with Gasteiger partial charge in [-0.25, -0.2) is 13.9 Å². The number of aryl methyl sites for hydroxylation is 3. The van der Waals surface area contributed by atoms with Gasteiger partial charge in [-0.05, 0) is 50.1 Å². The molecule has 4 aromatic rings. The van der Waals surface area contributed by atoms with E-state index in [0.717, 1.165) is 32.7 Å². The SMILES string of the molecule is Cc1cc(C)c(NC(=O)Cn2nc3nc(Nc4ccccc4)ccn3c2=O)c(C)c1. The third-order valence-corrected chi connectivity index (χ3v) is 4.74. The predicted octanol–water partition coefficient (Wildman–Crippen LogP) is 3.20. The van der Waals surface area contributed by atoms with Crippen molar-refractivity contribution in [2.45, 2.75) is 27.3 Å². The molecule has 2 aromatic heterocycles. The van der Waals surface area contributed by atoms with Crippen molar-refractivity contribution in [3.63, 3.8) is 0 Å². The van der Waals surface area contributed by atoms with Crippen LogP contribution < -0.4 is 16.3 Å². The van der Waals surface area contributed by atoms with E-state index in [2.05, 4.69) is 20.7 Å². The van der Waals surface area contributed by atoms with Gasteiger partial charge in [-0.3, -0.25) is 4.79 Å². The number of nitrogens with one attached hydrogen (secondary N) is 2. The molecule has 2 N–H and O–H groups in total. The predicted molar refractivity (Wildman–Crippen MR) is 116 cm³/mol. The lowest BCUT2D eigenvalue weighted by atomic mass is 10.1. The quantitative estimate of drug-likeness (QED) is 0.535. The van der Waals surface area contributed by atoms with Crippen molar-refractivity contribution in [2.24, 2.45) is 0 Å². The Morgan fingerprint density at radius 3 is 2.43 bits per heavy atom. The largest absolute Gasteiger partial charge is 0.352 e. The molecule has 152 valence electrons. The molecule has 2 heterocycles. The van der Waals surface area contributed by atoms with Crippen LogP contribution in [0.2, 0.25) is 0 Å². The molecule has 30 heavy (non-hydrogen) atoms. The van der Waals surface area contributed by atoms with E-state index in [1.54, 1.807) is 12.3 Å². The molecular formula is C22H22N6O2. The van der Waals surface area contributed by atoms with Crippen molar-refractivity contribution < 1.29 is 4.79 Å². The molecule has 0 spiro atoms. The molecule has 0 aliphatic heterocycles. The Hall–Kier alpha value is -3.94. The number of para-hydroxylation sites is 1. The van der Waals surface area contributed by atoms with Crippen molar-refractivity contribution >= 4 is 28.9 Å². The second kappa shape index (κ2) is 7.82. The summed E-state index contributed by atoms with van der Waals surface area (Å²) in [5.74, 6) is 0.454. The summed E-state index contributed by atoms with van der Waals surface area (Å²) in [4.78, 5) is 29.5. The summed E-state index contributed by atoms with van der Waals surface area (Å²) in [7, 11) is 0. The molecule has 1 amide bonds. The molecule has 4 rings (SSSR count). The summed E-state index contributed by atoms with van der Waals surface area (Å²) in [6.07, 6.45) is 1.59. The first kappa shape index (κ1) is 19.4. The fourth-order valence-corrected chi connectivity index (χ4v) is 3.44. The van der Waals surface area contributed by atoms with Crippen LogP contribution in [0, 0.1) is 20.8 Å². The monoisotopic (exact) mass is 402 g/mol. The van der Waals surface area contributed by atoms with E-state index in [9.17, 15) is 9.59 Å². The van der Waals surface area contributed by atoms with Crippen LogP contribution in [-0.2, 0) is 11.3 Å². The van der Waals surface area contributed by atoms with Crippen LogP contribution in [0.1, 0.15) is 16.7 Å². The van der Waals surface area contributed by atoms with Gasteiger partial charge in [0.1, 0.15) is 12.4 Å². The zero-order chi connectivity index (χ0) is 21.3. The maximum Gasteiger partial charge on any atom is 0.352 e. The molecule has 0 unspecified atom stereocenters. The molecular weight excluding hydrogens is 380 g/mol. The Balaban J connectivity index is 1.55. The summed E-state index contributed by atoms with van der Waals surface area (Å²) >= 11 is 0. The average molecular weight is 402 g/mol. The number of fused-ring (bicyclic) bond motifs is 1. The number of hydrogen-bond acceptors (Lipinski definition) is 5. The highest BCUT2D eigenvalue weighted by atomic mass is 16.2. The zero-order valence-electron chi connectivity index (χ0n) is 17.0. The molecule has 0 aliphatic rings. The number of hydrogen-bond donors (Lipinski definition) is 2. The summed E-state index contributed by atoms with van der Waals surface area (Å²) in [5, 5.41) is 10.3. The van der Waals surface area contributed by atoms with Crippen molar-refractivity contribution in [1.29, 1.82) is 0 Å². The standard InChI is InChI=1S/C22H22N6O2/c1-14-11-15(2)20(16(3)12-14)25-19(29)13-28-22(30)27-10-9-18(24-21(27)26-28)23-17-7-5-4-6-8-17/h4-12H,13H2,1-3H3,(H,25,29)(H,23,24,26). The molecule has 8 nitrogen and oxygen atoms in total. The Morgan fingerprint density at radius 1 is 1.03 bits per heavy atom. The fraction of sp³-hybridized carbons (Fsp3) is 0.182. The average Bonchev–Trinajstić information content (AvgIpc) is 3.00. The van der Waals surface area contributed by atoms with Crippen LogP contribution in [0.5, 0.6) is 0 Å². The molecule has 0 radical (unpaired) electrons. The lowest BCUT2D eigenvalue weighted by Gasteiger charge is -2.12. The minimum absolute atomic E-state index is 0.198. The molecule has 0 saturated heterocycles. The smallest absolute Gasteiger partial charge is 0.340 e. The normalized spacial score (nSPS) is 10.9. The first-order valence-corrected chi connectivity index (χ1v) is 9.57. The number of carbonyl (C=O) groups excluding carboxylic acids is 1. The lowest BCUT2D eigenvalue weighted by Crippen LogP contribution is -2.28. The molecule has 0 atom stereocenters. The van der Waals surface area contributed by atoms with E-state index >= 15 is 0 Å². The van der Waals surface area contributed by atoms with Gasteiger partial charge >= 0.3 is 5.69 Å². The van der Waals surface area contributed by atoms with Gasteiger partial charge in [0, 0.05) is 17.6 Å². The Kier molecular flexibility index (Phi) is 5.05. The van der Waals surface area contributed by atoms with Crippen molar-refractivity contribution in [3.05, 3.63) is 81.9 Å². The van der Waals surface area contributed by atoms with Crippen LogP contribution in [0.15, 0.2) is 59.5 Å². The second-order valence-corrected chi connectivity index (χ2v) is 7.24. The minimum atomic E-state index is -0.420. The number of rotatable bonds is 5. The van der Waals surface area contributed by atoms with Gasteiger partial charge in [-0.1, -0.05) is 35.9 Å². The number of amides is 1. The highest BCUT2D eigenvalue weighted by Gasteiger charge is 2.14. The van der Waals surface area contributed by atoms with Gasteiger partial charge in [0.15, 0.2) is 0 Å². The van der Waals surface area contributed by atoms with E-state index < -0.39 is 5.69 Å². The van der Waals surface area contributed by atoms with Crippen molar-refractivity contribution in [3.8, 4) is 0 Å². The highest BCUT2D eigenvalue weighted by Crippen LogP contribution is 2.21. The molecule has 0 aliphatic carbocycles. The topological polar surface area (TPSA) is 93.3 Å². The minimum Gasteiger partial charge on any atom is -0.340 e. The number of carbonyl (C=O) groups is 1. The molecule has 0 saturated carbocycles. The van der Waals surface area contributed by atoms with E-state index in [1.165, 1.54) is 4.40 Å². The molecule has 0 bridgehead atoms. The number of aromatic nitrogens is 4. The third kappa shape index (κ3) is 3.93. The summed E-state index contributed by atoms with van der Waals surface area (Å²) in [5.41, 5.74) is 4.29. The van der Waals surface area contributed by atoms with Gasteiger partial charge in [0.2, 0.25) is 5.91 Å². The maximum atomic E-state index is 12.6. The van der Waals surface area contributed by atoms with Gasteiger partial charge in [-0.2, -0.15) is 4.98 Å². The lowest BCUT2D eigenvalue weighted by molar-refractivity contribution is -0.117. The highest BCUT2D eigenvalue weighted by molar-refractivity contribution is 5.92. The second-order valence-electron chi connectivity index (χ2n) is 7.24. The van der Waals surface area contributed by atoms with E-state index in [0.29, 0.717) is 5.82 Å². The van der Waals surface area contributed by atoms with Crippen LogP contribution in [0.25, 0.3) is 5.78 Å². The molecule has 8 heteroatoms. The first-order chi connectivity index (χ1) is 14.4. The Bertz CT molecular complexity index is 1270. The summed E-state index contributed by atoms with van der Waals surface area (Å²) in [6, 6.07) is 15.3. The summed E-state index contributed by atoms with van der Waals surface area (Å²) in [6.45, 7) is 5.70. The van der Waals surface area contributed by atoms with Gasteiger partial charge < -0.3 is 10.6 Å². The molecule has 0 fully saturated rings. The third-order valence-electron chi connectivity index (χ3n) is 4.74. The van der Waals surface area contributed by atoms with E-state index in [1.807, 2.05) is 63.2 Å². The van der Waals surface area contributed by atoms with E-state index in [-0.39, 0.29) is 18.2 Å². The Labute approximate surface area is 173 Å². The van der Waals surface area contributed by atoms with Crippen molar-refractivity contribution in [1.82, 2.24) is 19.2 Å². The van der Waals surface area contributed by atoms with E-state index in [4.69, 9.17) is 0 Å². The summed E-state index contributed by atoms with van der Waals surface area (Å²) < 4.78 is 2.43. The van der Waals surface area contributed by atoms with Gasteiger partial charge in [0.05, 0.1) is 0 Å². The number of benzene rings is 2. The van der Waals surface area contributed by atoms with Gasteiger partial charge in [0.25, 0.3) is 5.78 Å². The number of nitrogens with zero attached hydrogens (tertiary/aromatic N) is 4. The Morgan fingerprint density at radius 2 is 1.73 bits per heavy atom. The van der Waals surface area contributed by atoms with Gasteiger partial charge in [-0.15, -0.1) is 5.10 Å². The maximum absolute atomic E-state index is 12.6. The fourth-order valence-electron chi connectivity index (χ4n) is 3.44.